The molecule has 1 unspecified atom stereocenters. The third-order valence-corrected chi connectivity index (χ3v) is 3.87. The van der Waals surface area contributed by atoms with E-state index in [-0.39, 0.29) is 11.9 Å². The largest absolute Gasteiger partial charge is 0.324 e. The van der Waals surface area contributed by atoms with Crippen LogP contribution in [0.4, 0.5) is 4.39 Å². The molecule has 1 aromatic heterocycles. The van der Waals surface area contributed by atoms with E-state index >= 15 is 0 Å². The van der Waals surface area contributed by atoms with Crippen LogP contribution in [0.5, 0.6) is 0 Å². The summed E-state index contributed by atoms with van der Waals surface area (Å²) < 4.78 is 14.7. The molecular formula is C16H13BrFN3. The number of fused-ring (bicyclic) bond motifs is 1. The number of nitrogens with zero attached hydrogens (tertiary/aromatic N) is 2. The van der Waals surface area contributed by atoms with Crippen molar-refractivity contribution < 1.29 is 4.39 Å². The average molecular weight is 346 g/mol. The van der Waals surface area contributed by atoms with Crippen LogP contribution >= 0.6 is 15.9 Å². The zero-order valence-corrected chi connectivity index (χ0v) is 12.7. The lowest BCUT2D eigenvalue weighted by atomic mass is 9.98. The van der Waals surface area contributed by atoms with Crippen LogP contribution in [0.2, 0.25) is 0 Å². The summed E-state index contributed by atoms with van der Waals surface area (Å²) >= 11 is 3.35. The number of para-hydroxylation sites is 1. The van der Waals surface area contributed by atoms with Gasteiger partial charge in [0.25, 0.3) is 0 Å². The minimum absolute atomic E-state index is 0.250. The Bertz CT molecular complexity index is 786. The lowest BCUT2D eigenvalue weighted by Gasteiger charge is -2.14. The van der Waals surface area contributed by atoms with Gasteiger partial charge in [0.1, 0.15) is 5.82 Å². The Morgan fingerprint density at radius 1 is 1.14 bits per heavy atom. The van der Waals surface area contributed by atoms with E-state index in [1.807, 2.05) is 18.2 Å². The highest BCUT2D eigenvalue weighted by atomic mass is 79.9. The maximum Gasteiger partial charge on any atom is 0.126 e. The molecule has 0 spiro atoms. The van der Waals surface area contributed by atoms with Crippen LogP contribution in [-0.2, 0) is 6.42 Å². The van der Waals surface area contributed by atoms with Crippen molar-refractivity contribution in [2.45, 2.75) is 12.5 Å². The summed E-state index contributed by atoms with van der Waals surface area (Å²) in [5.74, 6) is -0.250. The van der Waals surface area contributed by atoms with Gasteiger partial charge in [-0.15, -0.1) is 0 Å². The molecular weight excluding hydrogens is 333 g/mol. The van der Waals surface area contributed by atoms with E-state index in [9.17, 15) is 4.39 Å². The first-order valence-electron chi connectivity index (χ1n) is 6.54. The normalized spacial score (nSPS) is 12.5. The number of aromatic nitrogens is 2. The van der Waals surface area contributed by atoms with Crippen LogP contribution in [0.1, 0.15) is 17.2 Å². The summed E-state index contributed by atoms with van der Waals surface area (Å²) in [6.07, 6.45) is 3.69. The van der Waals surface area contributed by atoms with Crippen molar-refractivity contribution in [1.82, 2.24) is 9.97 Å². The number of rotatable bonds is 3. The molecule has 5 heteroatoms. The molecule has 0 radical (unpaired) electrons. The summed E-state index contributed by atoms with van der Waals surface area (Å²) in [6, 6.07) is 10.2. The van der Waals surface area contributed by atoms with E-state index in [1.165, 1.54) is 6.07 Å². The highest BCUT2D eigenvalue weighted by molar-refractivity contribution is 9.10. The molecule has 1 atom stereocenters. The van der Waals surface area contributed by atoms with Crippen molar-refractivity contribution >= 4 is 27.0 Å². The molecule has 3 nitrogen and oxygen atoms in total. The molecule has 0 bridgehead atoms. The Morgan fingerprint density at radius 2 is 1.95 bits per heavy atom. The highest BCUT2D eigenvalue weighted by Gasteiger charge is 2.14. The molecule has 0 aliphatic rings. The van der Waals surface area contributed by atoms with Gasteiger partial charge in [-0.2, -0.15) is 0 Å². The van der Waals surface area contributed by atoms with Crippen molar-refractivity contribution in [2.24, 2.45) is 5.73 Å². The first kappa shape index (κ1) is 14.1. The monoisotopic (exact) mass is 345 g/mol. The van der Waals surface area contributed by atoms with Crippen LogP contribution in [0.25, 0.3) is 11.0 Å². The van der Waals surface area contributed by atoms with E-state index in [0.29, 0.717) is 12.0 Å². The van der Waals surface area contributed by atoms with Gasteiger partial charge < -0.3 is 5.73 Å². The Balaban J connectivity index is 1.97. The van der Waals surface area contributed by atoms with E-state index in [2.05, 4.69) is 25.9 Å². The van der Waals surface area contributed by atoms with Gasteiger partial charge in [0.15, 0.2) is 0 Å². The van der Waals surface area contributed by atoms with Gasteiger partial charge in [-0.1, -0.05) is 28.1 Å². The predicted molar refractivity (Wildman–Crippen MR) is 84.3 cm³/mol. The van der Waals surface area contributed by atoms with Gasteiger partial charge in [-0.05, 0) is 41.8 Å². The number of hydrogen-bond donors (Lipinski definition) is 1. The molecule has 0 aliphatic carbocycles. The van der Waals surface area contributed by atoms with Gasteiger partial charge in [0.05, 0.1) is 11.0 Å². The molecule has 0 saturated heterocycles. The van der Waals surface area contributed by atoms with E-state index in [0.717, 1.165) is 21.1 Å². The third-order valence-electron chi connectivity index (χ3n) is 3.38. The van der Waals surface area contributed by atoms with Crippen LogP contribution < -0.4 is 5.73 Å². The van der Waals surface area contributed by atoms with Crippen LogP contribution in [0.3, 0.4) is 0 Å². The molecule has 0 amide bonds. The Labute approximate surface area is 130 Å². The molecule has 0 saturated carbocycles. The summed E-state index contributed by atoms with van der Waals surface area (Å²) in [4.78, 5) is 8.60. The fraction of sp³-hybridized carbons (Fsp3) is 0.125. The Hall–Kier alpha value is -1.85. The second-order valence-corrected chi connectivity index (χ2v) is 5.73. The molecule has 0 fully saturated rings. The predicted octanol–water partition coefficient (Wildman–Crippen LogP) is 3.77. The topological polar surface area (TPSA) is 51.8 Å². The van der Waals surface area contributed by atoms with Gasteiger partial charge in [0, 0.05) is 22.9 Å². The number of nitrogens with two attached hydrogens (primary N) is 1. The smallest absolute Gasteiger partial charge is 0.126 e. The minimum Gasteiger partial charge on any atom is -0.324 e. The maximum absolute atomic E-state index is 13.9. The summed E-state index contributed by atoms with van der Waals surface area (Å²) in [5, 5.41) is 0. The zero-order chi connectivity index (χ0) is 14.8. The zero-order valence-electron chi connectivity index (χ0n) is 11.1. The van der Waals surface area contributed by atoms with Crippen molar-refractivity contribution in [1.29, 1.82) is 0 Å². The third kappa shape index (κ3) is 2.94. The fourth-order valence-electron chi connectivity index (χ4n) is 2.36. The fourth-order valence-corrected chi connectivity index (χ4v) is 2.77. The maximum atomic E-state index is 13.9. The van der Waals surface area contributed by atoms with Crippen LogP contribution in [-0.4, -0.2) is 9.97 Å². The second-order valence-electron chi connectivity index (χ2n) is 4.82. The molecule has 106 valence electrons. The summed E-state index contributed by atoms with van der Waals surface area (Å²) in [6.45, 7) is 0. The minimum atomic E-state index is -0.339. The number of halogens is 2. The second kappa shape index (κ2) is 5.87. The van der Waals surface area contributed by atoms with Crippen LogP contribution in [0.15, 0.2) is 53.3 Å². The summed E-state index contributed by atoms with van der Waals surface area (Å²) in [5.41, 5.74) is 9.28. The molecule has 0 aliphatic heterocycles. The van der Waals surface area contributed by atoms with Crippen molar-refractivity contribution in [3.05, 3.63) is 70.2 Å². The van der Waals surface area contributed by atoms with E-state index in [1.54, 1.807) is 24.5 Å². The Morgan fingerprint density at radius 3 is 2.81 bits per heavy atom. The lowest BCUT2D eigenvalue weighted by molar-refractivity contribution is 0.593. The molecule has 1 heterocycles. The van der Waals surface area contributed by atoms with Gasteiger partial charge in [-0.25, -0.2) is 4.39 Å². The number of benzene rings is 2. The average Bonchev–Trinajstić information content (AvgIpc) is 2.50. The quantitative estimate of drug-likeness (QED) is 0.785. The van der Waals surface area contributed by atoms with Crippen LogP contribution in [0, 0.1) is 5.82 Å². The molecule has 2 aromatic carbocycles. The first-order valence-corrected chi connectivity index (χ1v) is 7.33. The molecule has 21 heavy (non-hydrogen) atoms. The number of hydrogen-bond acceptors (Lipinski definition) is 3. The lowest BCUT2D eigenvalue weighted by Crippen LogP contribution is -2.15. The van der Waals surface area contributed by atoms with Crippen molar-refractivity contribution in [3.63, 3.8) is 0 Å². The molecule has 2 N–H and O–H groups in total. The SMILES string of the molecule is NC(Cc1cc(Br)ccc1F)c1cccc2nccnc12. The first-order chi connectivity index (χ1) is 10.1. The van der Waals surface area contributed by atoms with E-state index < -0.39 is 0 Å². The standard InChI is InChI=1S/C16H13BrFN3/c17-11-4-5-13(18)10(8-11)9-14(19)12-2-1-3-15-16(12)21-7-6-20-15/h1-8,14H,9,19H2. The Kier molecular flexibility index (Phi) is 3.94. The van der Waals surface area contributed by atoms with Gasteiger partial charge >= 0.3 is 0 Å². The van der Waals surface area contributed by atoms with Crippen molar-refractivity contribution in [3.8, 4) is 0 Å². The summed E-state index contributed by atoms with van der Waals surface area (Å²) in [7, 11) is 0. The van der Waals surface area contributed by atoms with Gasteiger partial charge in [0.2, 0.25) is 0 Å². The molecule has 3 aromatic rings. The molecule has 3 rings (SSSR count). The van der Waals surface area contributed by atoms with Crippen molar-refractivity contribution in [2.75, 3.05) is 0 Å². The van der Waals surface area contributed by atoms with E-state index in [4.69, 9.17) is 5.73 Å². The highest BCUT2D eigenvalue weighted by Crippen LogP contribution is 2.25. The van der Waals surface area contributed by atoms with Gasteiger partial charge in [-0.3, -0.25) is 9.97 Å².